The summed E-state index contributed by atoms with van der Waals surface area (Å²) in [6.07, 6.45) is 17.4. The molecule has 0 fully saturated rings. The summed E-state index contributed by atoms with van der Waals surface area (Å²) in [5.74, 6) is 0. The van der Waals surface area contributed by atoms with Gasteiger partial charge in [0.05, 0.1) is 0 Å². The van der Waals surface area contributed by atoms with Gasteiger partial charge in [0.25, 0.3) is 0 Å². The standard InChI is InChI=1S/C17H29N.HI/c1-2-3-4-5-6-7-8-9-10-11-14-17-15-12-13-16-18-17;/h12-13,15-16H,2-11,14H2,1H3;1H. The first-order valence-electron chi connectivity index (χ1n) is 7.89. The third kappa shape index (κ3) is 11.4. The number of aryl methyl sites for hydroxylation is 1. The third-order valence-electron chi connectivity index (χ3n) is 3.57. The smallest absolute Gasteiger partial charge is 0.179 e. The van der Waals surface area contributed by atoms with Crippen molar-refractivity contribution in [3.05, 3.63) is 30.1 Å². The lowest BCUT2D eigenvalue weighted by Crippen LogP contribution is -3.00. The van der Waals surface area contributed by atoms with Gasteiger partial charge in [-0.3, -0.25) is 0 Å². The Balaban J connectivity index is 0.00000324. The van der Waals surface area contributed by atoms with E-state index in [-0.39, 0.29) is 24.0 Å². The summed E-state index contributed by atoms with van der Waals surface area (Å²) in [5, 5.41) is 0. The maximum Gasteiger partial charge on any atom is 0.179 e. The van der Waals surface area contributed by atoms with E-state index in [0.29, 0.717) is 0 Å². The second-order valence-corrected chi connectivity index (χ2v) is 5.32. The Labute approximate surface area is 136 Å². The number of aromatic amines is 1. The van der Waals surface area contributed by atoms with E-state index in [0.717, 1.165) is 0 Å². The highest BCUT2D eigenvalue weighted by Crippen LogP contribution is 2.11. The number of hydrogen-bond acceptors (Lipinski definition) is 0. The SMILES string of the molecule is CCCCCCCCCCCCc1cccc[nH+]1.[I-]. The Morgan fingerprint density at radius 1 is 0.789 bits per heavy atom. The van der Waals surface area contributed by atoms with Gasteiger partial charge >= 0.3 is 0 Å². The molecule has 0 unspecified atom stereocenters. The number of pyridine rings is 1. The van der Waals surface area contributed by atoms with Crippen LogP contribution in [0.4, 0.5) is 0 Å². The number of hydrogen-bond donors (Lipinski definition) is 0. The van der Waals surface area contributed by atoms with E-state index in [1.54, 1.807) is 0 Å². The third-order valence-corrected chi connectivity index (χ3v) is 3.57. The molecule has 1 rings (SSSR count). The molecule has 1 nitrogen and oxygen atoms in total. The highest BCUT2D eigenvalue weighted by atomic mass is 127. The van der Waals surface area contributed by atoms with Crippen molar-refractivity contribution in [1.29, 1.82) is 0 Å². The van der Waals surface area contributed by atoms with Gasteiger partial charge in [0, 0.05) is 18.6 Å². The van der Waals surface area contributed by atoms with Crippen molar-refractivity contribution in [2.75, 3.05) is 0 Å². The van der Waals surface area contributed by atoms with Gasteiger partial charge in [-0.1, -0.05) is 70.8 Å². The summed E-state index contributed by atoms with van der Waals surface area (Å²) in [7, 11) is 0. The van der Waals surface area contributed by atoms with E-state index >= 15 is 0 Å². The van der Waals surface area contributed by atoms with E-state index in [2.05, 4.69) is 24.0 Å². The van der Waals surface area contributed by atoms with Crippen LogP contribution in [0.3, 0.4) is 0 Å². The summed E-state index contributed by atoms with van der Waals surface area (Å²) >= 11 is 0. The first-order valence-corrected chi connectivity index (χ1v) is 7.89. The van der Waals surface area contributed by atoms with Crippen molar-refractivity contribution in [2.45, 2.75) is 77.6 Å². The van der Waals surface area contributed by atoms with Crippen molar-refractivity contribution in [3.8, 4) is 0 Å². The second-order valence-electron chi connectivity index (χ2n) is 5.32. The normalized spacial score (nSPS) is 10.2. The molecule has 0 atom stereocenters. The van der Waals surface area contributed by atoms with Crippen molar-refractivity contribution >= 4 is 0 Å². The van der Waals surface area contributed by atoms with Gasteiger partial charge in [-0.05, 0) is 6.42 Å². The maximum atomic E-state index is 3.30. The summed E-state index contributed by atoms with van der Waals surface area (Å²) in [6.45, 7) is 2.28. The van der Waals surface area contributed by atoms with Gasteiger partial charge in [0.15, 0.2) is 11.9 Å². The van der Waals surface area contributed by atoms with Gasteiger partial charge in [-0.25, -0.2) is 4.98 Å². The van der Waals surface area contributed by atoms with Crippen LogP contribution >= 0.6 is 0 Å². The fraction of sp³-hybridized carbons (Fsp3) is 0.706. The number of unbranched alkanes of at least 4 members (excludes halogenated alkanes) is 9. The first-order chi connectivity index (χ1) is 8.93. The molecule has 0 aliphatic heterocycles. The molecule has 19 heavy (non-hydrogen) atoms. The van der Waals surface area contributed by atoms with Gasteiger partial charge in [0.2, 0.25) is 0 Å². The summed E-state index contributed by atoms with van der Waals surface area (Å²) in [6, 6.07) is 6.35. The van der Waals surface area contributed by atoms with Crippen LogP contribution in [-0.4, -0.2) is 0 Å². The maximum absolute atomic E-state index is 3.30. The monoisotopic (exact) mass is 375 g/mol. The lowest BCUT2D eigenvalue weighted by atomic mass is 10.1. The predicted molar refractivity (Wildman–Crippen MR) is 78.5 cm³/mol. The molecular weight excluding hydrogens is 345 g/mol. The molecule has 0 bridgehead atoms. The van der Waals surface area contributed by atoms with E-state index < -0.39 is 0 Å². The molecule has 0 aromatic carbocycles. The number of nitrogens with one attached hydrogen (secondary N) is 1. The second kappa shape index (κ2) is 14.3. The van der Waals surface area contributed by atoms with Crippen LogP contribution in [0.5, 0.6) is 0 Å². The van der Waals surface area contributed by atoms with Gasteiger partial charge < -0.3 is 24.0 Å². The van der Waals surface area contributed by atoms with Crippen LogP contribution in [0.2, 0.25) is 0 Å². The molecular formula is C17H30IN. The van der Waals surface area contributed by atoms with Gasteiger partial charge in [-0.2, -0.15) is 0 Å². The van der Waals surface area contributed by atoms with E-state index in [1.165, 1.54) is 76.3 Å². The molecule has 110 valence electrons. The van der Waals surface area contributed by atoms with Gasteiger partial charge in [-0.15, -0.1) is 0 Å². The van der Waals surface area contributed by atoms with Crippen LogP contribution in [-0.2, 0) is 6.42 Å². The Morgan fingerprint density at radius 3 is 1.89 bits per heavy atom. The van der Waals surface area contributed by atoms with Crippen molar-refractivity contribution < 1.29 is 29.0 Å². The van der Waals surface area contributed by atoms with Crippen LogP contribution in [0.15, 0.2) is 24.4 Å². The molecule has 1 N–H and O–H groups in total. The van der Waals surface area contributed by atoms with Gasteiger partial charge in [0.1, 0.15) is 0 Å². The van der Waals surface area contributed by atoms with E-state index in [9.17, 15) is 0 Å². The quantitative estimate of drug-likeness (QED) is 0.415. The molecule has 1 aromatic rings. The van der Waals surface area contributed by atoms with Crippen LogP contribution in [0.25, 0.3) is 0 Å². The average Bonchev–Trinajstić information content (AvgIpc) is 2.42. The zero-order valence-corrected chi connectivity index (χ0v) is 14.6. The topological polar surface area (TPSA) is 14.1 Å². The van der Waals surface area contributed by atoms with Crippen LogP contribution < -0.4 is 29.0 Å². The summed E-state index contributed by atoms with van der Waals surface area (Å²) in [4.78, 5) is 3.30. The zero-order valence-electron chi connectivity index (χ0n) is 12.5. The molecule has 1 aromatic heterocycles. The highest BCUT2D eigenvalue weighted by Gasteiger charge is 1.98. The minimum atomic E-state index is 0. The number of rotatable bonds is 11. The fourth-order valence-corrected chi connectivity index (χ4v) is 2.39. The Bertz CT molecular complexity index is 274. The highest BCUT2D eigenvalue weighted by molar-refractivity contribution is 4.96. The number of H-pyrrole nitrogens is 1. The molecule has 0 saturated heterocycles. The predicted octanol–water partition coefficient (Wildman–Crippen LogP) is 1.97. The zero-order chi connectivity index (χ0) is 12.9. The van der Waals surface area contributed by atoms with Crippen LogP contribution in [0.1, 0.15) is 76.8 Å². The fourth-order valence-electron chi connectivity index (χ4n) is 2.39. The Hall–Kier alpha value is -0.120. The molecule has 0 amide bonds. The molecule has 0 aliphatic rings. The lowest BCUT2D eigenvalue weighted by Gasteiger charge is -2.01. The molecule has 0 aliphatic carbocycles. The number of halogens is 1. The van der Waals surface area contributed by atoms with Crippen LogP contribution in [0, 0.1) is 0 Å². The van der Waals surface area contributed by atoms with Crippen molar-refractivity contribution in [2.24, 2.45) is 0 Å². The molecule has 1 heterocycles. The largest absolute Gasteiger partial charge is 1.00 e. The van der Waals surface area contributed by atoms with E-state index in [1.807, 2.05) is 12.3 Å². The minimum Gasteiger partial charge on any atom is -1.00 e. The van der Waals surface area contributed by atoms with Crippen molar-refractivity contribution in [1.82, 2.24) is 0 Å². The molecule has 2 heteroatoms. The summed E-state index contributed by atoms with van der Waals surface area (Å²) < 4.78 is 0. The Morgan fingerprint density at radius 2 is 1.37 bits per heavy atom. The molecule has 0 saturated carbocycles. The molecule has 0 spiro atoms. The summed E-state index contributed by atoms with van der Waals surface area (Å²) in [5.41, 5.74) is 1.37. The average molecular weight is 375 g/mol. The minimum absolute atomic E-state index is 0. The Kier molecular flexibility index (Phi) is 14.2. The van der Waals surface area contributed by atoms with Crippen molar-refractivity contribution in [3.63, 3.8) is 0 Å². The lowest BCUT2D eigenvalue weighted by molar-refractivity contribution is -0.390. The number of aromatic nitrogens is 1. The van der Waals surface area contributed by atoms with E-state index in [4.69, 9.17) is 0 Å². The first kappa shape index (κ1) is 18.9. The molecule has 0 radical (unpaired) electrons.